The van der Waals surface area contributed by atoms with Crippen LogP contribution in [0.15, 0.2) is 76.2 Å². The Balaban J connectivity index is 1.67. The Hall–Kier alpha value is -3.39. The number of esters is 1. The molecule has 7 nitrogen and oxygen atoms in total. The number of carbonyl (C=O) groups excluding carboxylic acids is 2. The molecule has 144 valence electrons. The molecule has 3 aromatic rings. The van der Waals surface area contributed by atoms with Crippen LogP contribution in [0.2, 0.25) is 0 Å². The fraction of sp³-hybridized carbons (Fsp3) is 0.100. The van der Waals surface area contributed by atoms with Crippen molar-refractivity contribution in [2.75, 3.05) is 18.2 Å². The second-order valence-electron chi connectivity index (χ2n) is 5.92. The molecule has 1 aromatic heterocycles. The normalized spacial score (nSPS) is 11.0. The fourth-order valence-corrected chi connectivity index (χ4v) is 3.43. The van der Waals surface area contributed by atoms with Gasteiger partial charge in [-0.3, -0.25) is 4.79 Å². The summed E-state index contributed by atoms with van der Waals surface area (Å²) < 4.78 is 33.8. The lowest BCUT2D eigenvalue weighted by atomic mass is 10.1. The van der Waals surface area contributed by atoms with E-state index in [2.05, 4.69) is 5.32 Å². The topological polar surface area (TPSA) is 103 Å². The van der Waals surface area contributed by atoms with Crippen molar-refractivity contribution in [3.63, 3.8) is 0 Å². The van der Waals surface area contributed by atoms with E-state index in [9.17, 15) is 18.0 Å². The minimum absolute atomic E-state index is 0.0180. The van der Waals surface area contributed by atoms with E-state index in [0.29, 0.717) is 5.56 Å². The number of amides is 1. The molecule has 0 aliphatic rings. The molecule has 0 radical (unpaired) electrons. The number of carbonyl (C=O) groups is 2. The van der Waals surface area contributed by atoms with Crippen LogP contribution in [-0.4, -0.2) is 33.2 Å². The van der Waals surface area contributed by atoms with Crippen molar-refractivity contribution < 1.29 is 27.2 Å². The lowest BCUT2D eigenvalue weighted by molar-refractivity contribution is -0.119. The second-order valence-corrected chi connectivity index (χ2v) is 7.91. The largest absolute Gasteiger partial charge is 0.457 e. The number of furan rings is 1. The van der Waals surface area contributed by atoms with Crippen LogP contribution in [0.25, 0.3) is 11.1 Å². The molecule has 28 heavy (non-hydrogen) atoms. The third-order valence-electron chi connectivity index (χ3n) is 3.83. The SMILES string of the molecule is CS(=O)(=O)c1ccccc1NC(=O)COC(=O)c1occc1-c1ccccc1. The molecule has 0 aliphatic carbocycles. The van der Waals surface area contributed by atoms with E-state index >= 15 is 0 Å². The highest BCUT2D eigenvalue weighted by Gasteiger charge is 2.20. The summed E-state index contributed by atoms with van der Waals surface area (Å²) in [6.45, 7) is -0.591. The standard InChI is InChI=1S/C20H17NO6S/c1-28(24,25)17-10-6-5-9-16(17)21-18(22)13-27-20(23)19-15(11-12-26-19)14-7-3-2-4-8-14/h2-12H,13H2,1H3,(H,21,22). The van der Waals surface area contributed by atoms with Gasteiger partial charge >= 0.3 is 5.97 Å². The summed E-state index contributed by atoms with van der Waals surface area (Å²) in [7, 11) is -3.52. The number of nitrogens with one attached hydrogen (secondary N) is 1. The number of anilines is 1. The van der Waals surface area contributed by atoms with Gasteiger partial charge in [-0.2, -0.15) is 0 Å². The maximum Gasteiger partial charge on any atom is 0.375 e. The van der Waals surface area contributed by atoms with Gasteiger partial charge in [0.15, 0.2) is 16.4 Å². The highest BCUT2D eigenvalue weighted by atomic mass is 32.2. The molecular weight excluding hydrogens is 382 g/mol. The lowest BCUT2D eigenvalue weighted by Crippen LogP contribution is -2.22. The second kappa shape index (κ2) is 8.10. The van der Waals surface area contributed by atoms with Gasteiger partial charge < -0.3 is 14.5 Å². The van der Waals surface area contributed by atoms with Crippen molar-refractivity contribution >= 4 is 27.4 Å². The maximum absolute atomic E-state index is 12.3. The molecule has 0 atom stereocenters. The van der Waals surface area contributed by atoms with Crippen LogP contribution >= 0.6 is 0 Å². The Bertz CT molecular complexity index is 1100. The molecule has 0 spiro atoms. The molecule has 0 saturated carbocycles. The molecule has 1 heterocycles. The molecule has 0 unspecified atom stereocenters. The third kappa shape index (κ3) is 4.47. The summed E-state index contributed by atoms with van der Waals surface area (Å²) in [6, 6.07) is 16.7. The van der Waals surface area contributed by atoms with Crippen molar-refractivity contribution in [1.29, 1.82) is 0 Å². The Morgan fingerprint density at radius 1 is 1.00 bits per heavy atom. The first kappa shape index (κ1) is 19.4. The van der Waals surface area contributed by atoms with Gasteiger partial charge in [0.2, 0.25) is 5.76 Å². The molecule has 1 amide bonds. The van der Waals surface area contributed by atoms with E-state index in [1.54, 1.807) is 18.2 Å². The number of rotatable bonds is 6. The first-order valence-electron chi connectivity index (χ1n) is 8.25. The van der Waals surface area contributed by atoms with E-state index in [-0.39, 0.29) is 16.3 Å². The van der Waals surface area contributed by atoms with Crippen molar-refractivity contribution in [3.8, 4) is 11.1 Å². The zero-order valence-corrected chi connectivity index (χ0v) is 15.7. The highest BCUT2D eigenvalue weighted by Crippen LogP contribution is 2.25. The van der Waals surface area contributed by atoms with Gasteiger partial charge in [-0.05, 0) is 23.8 Å². The Morgan fingerprint density at radius 2 is 1.68 bits per heavy atom. The predicted octanol–water partition coefficient (Wildman–Crippen LogP) is 3.15. The van der Waals surface area contributed by atoms with E-state index in [1.165, 1.54) is 18.4 Å². The molecule has 0 fully saturated rings. The smallest absolute Gasteiger partial charge is 0.375 e. The van der Waals surface area contributed by atoms with Crippen molar-refractivity contribution in [1.82, 2.24) is 0 Å². The molecule has 8 heteroatoms. The first-order valence-corrected chi connectivity index (χ1v) is 10.1. The number of ether oxygens (including phenoxy) is 1. The fourth-order valence-electron chi connectivity index (χ4n) is 2.59. The maximum atomic E-state index is 12.3. The van der Waals surface area contributed by atoms with Crippen molar-refractivity contribution in [2.45, 2.75) is 4.90 Å². The number of hydrogen-bond acceptors (Lipinski definition) is 6. The Kier molecular flexibility index (Phi) is 5.60. The van der Waals surface area contributed by atoms with Gasteiger partial charge in [-0.25, -0.2) is 13.2 Å². The van der Waals surface area contributed by atoms with E-state index in [4.69, 9.17) is 9.15 Å². The molecule has 2 aromatic carbocycles. The monoisotopic (exact) mass is 399 g/mol. The highest BCUT2D eigenvalue weighted by molar-refractivity contribution is 7.90. The quantitative estimate of drug-likeness (QED) is 0.639. The zero-order valence-electron chi connectivity index (χ0n) is 14.9. The molecular formula is C20H17NO6S. The van der Waals surface area contributed by atoms with Crippen LogP contribution in [0.4, 0.5) is 5.69 Å². The average molecular weight is 399 g/mol. The van der Waals surface area contributed by atoms with E-state index < -0.39 is 28.3 Å². The molecule has 3 rings (SSSR count). The molecule has 0 aliphatic heterocycles. The average Bonchev–Trinajstić information content (AvgIpc) is 3.16. The van der Waals surface area contributed by atoms with Crippen LogP contribution in [0, 0.1) is 0 Å². The van der Waals surface area contributed by atoms with Crippen molar-refractivity contribution in [2.24, 2.45) is 0 Å². The van der Waals surface area contributed by atoms with Crippen LogP contribution < -0.4 is 5.32 Å². The zero-order chi connectivity index (χ0) is 20.1. The minimum Gasteiger partial charge on any atom is -0.457 e. The Morgan fingerprint density at radius 3 is 2.39 bits per heavy atom. The van der Waals surface area contributed by atoms with Gasteiger partial charge in [0, 0.05) is 11.8 Å². The summed E-state index contributed by atoms with van der Waals surface area (Å²) in [5.41, 5.74) is 1.44. The number of para-hydroxylation sites is 1. The van der Waals surface area contributed by atoms with E-state index in [1.807, 2.05) is 30.3 Å². The van der Waals surface area contributed by atoms with Crippen LogP contribution in [-0.2, 0) is 19.4 Å². The van der Waals surface area contributed by atoms with Gasteiger partial charge in [-0.15, -0.1) is 0 Å². The number of sulfone groups is 1. The summed E-state index contributed by atoms with van der Waals surface area (Å²) in [5.74, 6) is -1.48. The minimum atomic E-state index is -3.52. The predicted molar refractivity (Wildman–Crippen MR) is 103 cm³/mol. The Labute approximate surface area is 161 Å². The number of benzene rings is 2. The van der Waals surface area contributed by atoms with Gasteiger partial charge in [0.25, 0.3) is 5.91 Å². The summed E-state index contributed by atoms with van der Waals surface area (Å²) >= 11 is 0. The van der Waals surface area contributed by atoms with Crippen molar-refractivity contribution in [3.05, 3.63) is 72.7 Å². The summed E-state index contributed by atoms with van der Waals surface area (Å²) in [6.07, 6.45) is 2.40. The van der Waals surface area contributed by atoms with Gasteiger partial charge in [0.05, 0.1) is 16.8 Å². The third-order valence-corrected chi connectivity index (χ3v) is 4.99. The molecule has 1 N–H and O–H groups in total. The first-order chi connectivity index (χ1) is 13.4. The van der Waals surface area contributed by atoms with Gasteiger partial charge in [0.1, 0.15) is 0 Å². The van der Waals surface area contributed by atoms with E-state index in [0.717, 1.165) is 11.8 Å². The number of hydrogen-bond donors (Lipinski definition) is 1. The van der Waals surface area contributed by atoms with Crippen LogP contribution in [0.1, 0.15) is 10.6 Å². The van der Waals surface area contributed by atoms with Gasteiger partial charge in [-0.1, -0.05) is 42.5 Å². The molecule has 0 bridgehead atoms. The molecule has 0 saturated heterocycles. The summed E-state index contributed by atoms with van der Waals surface area (Å²) in [4.78, 5) is 24.4. The lowest BCUT2D eigenvalue weighted by Gasteiger charge is -2.10. The van der Waals surface area contributed by atoms with Crippen LogP contribution in [0.5, 0.6) is 0 Å². The summed E-state index contributed by atoms with van der Waals surface area (Å²) in [5, 5.41) is 2.44. The van der Waals surface area contributed by atoms with Crippen LogP contribution in [0.3, 0.4) is 0 Å².